The number of hydrogen-bond acceptors (Lipinski definition) is 11. The van der Waals surface area contributed by atoms with Gasteiger partial charge in [-0.2, -0.15) is 0 Å². The lowest BCUT2D eigenvalue weighted by Gasteiger charge is -2.40. The largest absolute Gasteiger partial charge is 0.490 e. The molecule has 0 bridgehead atoms. The summed E-state index contributed by atoms with van der Waals surface area (Å²) in [6.45, 7) is 12.5. The van der Waals surface area contributed by atoms with Gasteiger partial charge < -0.3 is 34.4 Å². The van der Waals surface area contributed by atoms with Gasteiger partial charge in [0.2, 0.25) is 6.10 Å². The molecule has 2 N–H and O–H groups in total. The van der Waals surface area contributed by atoms with E-state index in [1.54, 1.807) is 71.9 Å². The predicted octanol–water partition coefficient (Wildman–Crippen LogP) is 4.88. The average molecular weight is 720 g/mol. The molecule has 5 rings (SSSR count). The van der Waals surface area contributed by atoms with Crippen molar-refractivity contribution < 1.29 is 48.1 Å². The van der Waals surface area contributed by atoms with Gasteiger partial charge >= 0.3 is 18.2 Å². The molecule has 3 aromatic rings. The highest BCUT2D eigenvalue weighted by molar-refractivity contribution is 6.20. The van der Waals surface area contributed by atoms with E-state index in [1.165, 1.54) is 17.0 Å². The molecule has 3 heterocycles. The van der Waals surface area contributed by atoms with Crippen molar-refractivity contribution in [2.75, 3.05) is 44.2 Å². The fourth-order valence-electron chi connectivity index (χ4n) is 5.66. The maximum absolute atomic E-state index is 13.2. The minimum atomic E-state index is -1.44. The Balaban J connectivity index is 1.27. The van der Waals surface area contributed by atoms with E-state index in [2.05, 4.69) is 10.2 Å². The van der Waals surface area contributed by atoms with E-state index in [4.69, 9.17) is 24.0 Å². The van der Waals surface area contributed by atoms with Crippen LogP contribution in [0.3, 0.4) is 0 Å². The van der Waals surface area contributed by atoms with Gasteiger partial charge in [-0.1, -0.05) is 12.1 Å². The van der Waals surface area contributed by atoms with Crippen LogP contribution in [0.2, 0.25) is 0 Å². The molecule has 2 aliphatic heterocycles. The Morgan fingerprint density at radius 2 is 1.60 bits per heavy atom. The van der Waals surface area contributed by atoms with Crippen molar-refractivity contribution in [2.24, 2.45) is 5.92 Å². The number of imide groups is 1. The summed E-state index contributed by atoms with van der Waals surface area (Å²) in [6.07, 6.45) is -2.29. The first kappa shape index (κ1) is 37.8. The lowest BCUT2D eigenvalue weighted by atomic mass is 10.00. The van der Waals surface area contributed by atoms with Gasteiger partial charge in [-0.15, -0.1) is 5.06 Å². The number of anilines is 1. The molecule has 1 unspecified atom stereocenters. The third kappa shape index (κ3) is 9.66. The minimum absolute atomic E-state index is 0.128. The van der Waals surface area contributed by atoms with Crippen LogP contribution >= 0.6 is 0 Å². The van der Waals surface area contributed by atoms with Gasteiger partial charge in [0.05, 0.1) is 16.6 Å². The van der Waals surface area contributed by atoms with Gasteiger partial charge in [-0.05, 0) is 90.4 Å². The van der Waals surface area contributed by atoms with Crippen molar-refractivity contribution in [3.63, 3.8) is 0 Å². The smallest absolute Gasteiger partial charge is 0.407 e. The van der Waals surface area contributed by atoms with Gasteiger partial charge in [0, 0.05) is 44.0 Å². The number of nitrogens with zero attached hydrogens (tertiary/aromatic N) is 4. The maximum atomic E-state index is 13.2. The van der Waals surface area contributed by atoms with E-state index in [9.17, 15) is 29.1 Å². The number of likely N-dealkylation sites (tertiary alicyclic amines) is 1. The first-order valence-electron chi connectivity index (χ1n) is 17.1. The SMILES string of the molecule is CC(C)(C)OC(=O)NCCCN(CC1CN(C(=O)O)C1)c1ccc2cc(OCC(ON3C(=O)c4ccccc4C3=O)C(=O)OC(C)(C)C)ccc2n1. The Morgan fingerprint density at radius 3 is 2.21 bits per heavy atom. The molecule has 52 heavy (non-hydrogen) atoms. The van der Waals surface area contributed by atoms with E-state index in [0.717, 1.165) is 5.39 Å². The minimum Gasteiger partial charge on any atom is -0.490 e. The molecule has 0 radical (unpaired) electrons. The summed E-state index contributed by atoms with van der Waals surface area (Å²) in [5, 5.41) is 13.4. The first-order chi connectivity index (χ1) is 24.5. The zero-order chi connectivity index (χ0) is 37.8. The van der Waals surface area contributed by atoms with Crippen LogP contribution in [0.5, 0.6) is 5.75 Å². The summed E-state index contributed by atoms with van der Waals surface area (Å²) >= 11 is 0. The number of carboxylic acid groups (broad SMARTS) is 1. The van der Waals surface area contributed by atoms with E-state index in [1.807, 2.05) is 12.1 Å². The lowest BCUT2D eigenvalue weighted by Crippen LogP contribution is -2.53. The van der Waals surface area contributed by atoms with E-state index >= 15 is 0 Å². The molecule has 278 valence electrons. The second-order valence-electron chi connectivity index (χ2n) is 14.7. The van der Waals surface area contributed by atoms with Crippen LogP contribution in [0.4, 0.5) is 15.4 Å². The Bertz CT molecular complexity index is 1790. The summed E-state index contributed by atoms with van der Waals surface area (Å²) in [7, 11) is 0. The molecule has 1 atom stereocenters. The molecular formula is C37H45N5O10. The van der Waals surface area contributed by atoms with Crippen LogP contribution in [-0.4, -0.2) is 107 Å². The molecule has 1 saturated heterocycles. The number of nitrogens with one attached hydrogen (secondary N) is 1. The number of hydroxylamine groups is 2. The molecular weight excluding hydrogens is 674 g/mol. The number of esters is 1. The summed E-state index contributed by atoms with van der Waals surface area (Å²) in [5.41, 5.74) is -0.476. The highest BCUT2D eigenvalue weighted by Crippen LogP contribution is 2.27. The second-order valence-corrected chi connectivity index (χ2v) is 14.7. The second kappa shape index (κ2) is 15.4. The fourth-order valence-corrected chi connectivity index (χ4v) is 5.66. The number of benzene rings is 2. The van der Waals surface area contributed by atoms with Crippen molar-refractivity contribution >= 4 is 46.7 Å². The number of fused-ring (bicyclic) bond motifs is 2. The number of alkyl carbamates (subject to hydrolysis) is 1. The normalized spacial score (nSPS) is 15.2. The lowest BCUT2D eigenvalue weighted by molar-refractivity contribution is -0.193. The number of aromatic nitrogens is 1. The van der Waals surface area contributed by atoms with Gasteiger partial charge in [0.1, 0.15) is 29.4 Å². The van der Waals surface area contributed by atoms with Crippen LogP contribution in [-0.2, 0) is 19.1 Å². The van der Waals surface area contributed by atoms with Crippen LogP contribution in [0.15, 0.2) is 54.6 Å². The Hall–Kier alpha value is -5.44. The van der Waals surface area contributed by atoms with E-state index in [-0.39, 0.29) is 23.7 Å². The average Bonchev–Trinajstić information content (AvgIpc) is 3.27. The van der Waals surface area contributed by atoms with Crippen molar-refractivity contribution in [3.05, 3.63) is 65.7 Å². The van der Waals surface area contributed by atoms with Gasteiger partial charge in [-0.3, -0.25) is 9.59 Å². The zero-order valence-electron chi connectivity index (χ0n) is 30.2. The summed E-state index contributed by atoms with van der Waals surface area (Å²) in [4.78, 5) is 76.4. The molecule has 4 amide bonds. The summed E-state index contributed by atoms with van der Waals surface area (Å²) < 4.78 is 16.8. The van der Waals surface area contributed by atoms with E-state index < -0.39 is 47.3 Å². The number of ether oxygens (including phenoxy) is 3. The molecule has 2 aliphatic rings. The summed E-state index contributed by atoms with van der Waals surface area (Å²) in [5.74, 6) is -0.987. The highest BCUT2D eigenvalue weighted by Gasteiger charge is 2.41. The molecule has 0 aliphatic carbocycles. The number of rotatable bonds is 13. The molecule has 2 aromatic carbocycles. The van der Waals surface area contributed by atoms with Crippen LogP contribution in [0.25, 0.3) is 10.9 Å². The highest BCUT2D eigenvalue weighted by atomic mass is 16.7. The third-order valence-corrected chi connectivity index (χ3v) is 8.01. The van der Waals surface area contributed by atoms with Gasteiger partial charge in [0.25, 0.3) is 11.8 Å². The van der Waals surface area contributed by atoms with Gasteiger partial charge in [-0.25, -0.2) is 24.2 Å². The molecule has 0 spiro atoms. The molecule has 15 nitrogen and oxygen atoms in total. The number of hydrogen-bond donors (Lipinski definition) is 2. The fraction of sp³-hybridized carbons (Fsp3) is 0.459. The topological polar surface area (TPSA) is 177 Å². The zero-order valence-corrected chi connectivity index (χ0v) is 30.2. The molecule has 0 saturated carbocycles. The summed E-state index contributed by atoms with van der Waals surface area (Å²) in [6, 6.07) is 15.2. The third-order valence-electron chi connectivity index (χ3n) is 8.01. The Morgan fingerprint density at radius 1 is 0.942 bits per heavy atom. The van der Waals surface area contributed by atoms with Crippen LogP contribution < -0.4 is 15.0 Å². The van der Waals surface area contributed by atoms with Gasteiger partial charge in [0.15, 0.2) is 0 Å². The van der Waals surface area contributed by atoms with Crippen molar-refractivity contribution in [1.82, 2.24) is 20.3 Å². The predicted molar refractivity (Wildman–Crippen MR) is 189 cm³/mol. The van der Waals surface area contributed by atoms with Crippen LogP contribution in [0, 0.1) is 5.92 Å². The van der Waals surface area contributed by atoms with E-state index in [0.29, 0.717) is 61.3 Å². The number of amides is 4. The van der Waals surface area contributed by atoms with Crippen LogP contribution in [0.1, 0.15) is 68.7 Å². The number of carbonyl (C=O) groups is 5. The molecule has 1 fully saturated rings. The number of carbonyl (C=O) groups excluding carboxylic acids is 4. The van der Waals surface area contributed by atoms with Crippen molar-refractivity contribution in [1.29, 1.82) is 0 Å². The van der Waals surface area contributed by atoms with Crippen molar-refractivity contribution in [3.8, 4) is 5.75 Å². The standard InChI is InChI=1S/C37H45N5O10/c1-36(2,3)50-33(45)29(52-42-31(43)26-10-7-8-11-27(26)32(42)44)22-49-25-13-14-28-24(18-25)12-15-30(39-28)40(19-23-20-41(21-23)35(47)48)17-9-16-38-34(46)51-37(4,5)6/h7-8,10-15,18,23,29H,9,16-17,19-22H2,1-6H3,(H,38,46)(H,47,48). The maximum Gasteiger partial charge on any atom is 0.407 e. The quantitative estimate of drug-likeness (QED) is 0.139. The van der Waals surface area contributed by atoms with Crippen molar-refractivity contribution in [2.45, 2.75) is 65.3 Å². The monoisotopic (exact) mass is 719 g/mol. The first-order valence-corrected chi connectivity index (χ1v) is 17.1. The number of pyridine rings is 1. The Kier molecular flexibility index (Phi) is 11.2. The molecule has 15 heteroatoms. The molecule has 1 aromatic heterocycles. The Labute approximate surface area is 301 Å².